The average Bonchev–Trinajstić information content (AvgIpc) is 1.50. The predicted molar refractivity (Wildman–Crippen MR) is 16.9 cm³/mol. The summed E-state index contributed by atoms with van der Waals surface area (Å²) < 4.78 is 0. The summed E-state index contributed by atoms with van der Waals surface area (Å²) in [6.45, 7) is 5.00. The van der Waals surface area contributed by atoms with E-state index in [1.807, 2.05) is 0 Å². The van der Waals surface area contributed by atoms with E-state index in [2.05, 4.69) is 6.92 Å². The van der Waals surface area contributed by atoms with Gasteiger partial charge in [0.15, 0.2) is 0 Å². The summed E-state index contributed by atoms with van der Waals surface area (Å²) in [5, 5.41) is 0. The van der Waals surface area contributed by atoms with Crippen LogP contribution in [0.3, 0.4) is 0 Å². The van der Waals surface area contributed by atoms with Gasteiger partial charge in [0.05, 0.1) is 0 Å². The van der Waals surface area contributed by atoms with Gasteiger partial charge in [-0.3, -0.25) is 0 Å². The molecule has 0 nitrogen and oxygen atoms in total. The van der Waals surface area contributed by atoms with Crippen LogP contribution in [0.15, 0.2) is 0 Å². The molecule has 0 aliphatic heterocycles. The van der Waals surface area contributed by atoms with Crippen LogP contribution < -0.4 is 0 Å². The molecular weight excluding hydrogens is 151 g/mol. The Balaban J connectivity index is 0. The molecule has 0 fully saturated rings. The van der Waals surface area contributed by atoms with Crippen LogP contribution in [0.4, 0.5) is 0 Å². The fraction of sp³-hybridized carbons (Fsp3) is 0.500. The SMILES string of the molecule is [CH2]C.[Cl][Zr]. The summed E-state index contributed by atoms with van der Waals surface area (Å²) in [5.41, 5.74) is 0. The Bertz CT molecular complexity index is 6.00. The third-order valence-electron chi connectivity index (χ3n) is 0. The molecule has 24 valence electrons. The van der Waals surface area contributed by atoms with E-state index >= 15 is 0 Å². The average molecular weight is 156 g/mol. The molecule has 0 N–H and O–H groups in total. The quantitative estimate of drug-likeness (QED) is 0.498. The second-order valence-corrected chi connectivity index (χ2v) is 0. The summed E-state index contributed by atoms with van der Waals surface area (Å²) in [6.07, 6.45) is 0. The maximum absolute atomic E-state index is 4.73. The molecule has 4 heavy (non-hydrogen) atoms. The van der Waals surface area contributed by atoms with Gasteiger partial charge in [0, 0.05) is 0 Å². The molecule has 0 aromatic heterocycles. The Hall–Kier alpha value is 1.17. The van der Waals surface area contributed by atoms with Gasteiger partial charge in [-0.1, -0.05) is 13.8 Å². The number of halogens is 1. The summed E-state index contributed by atoms with van der Waals surface area (Å²) in [6, 6.07) is 0. The van der Waals surface area contributed by atoms with E-state index in [4.69, 9.17) is 8.51 Å². The molecule has 1 radical (unpaired) electrons. The van der Waals surface area contributed by atoms with Crippen molar-refractivity contribution in [1.29, 1.82) is 0 Å². The van der Waals surface area contributed by atoms with E-state index in [1.165, 1.54) is 0 Å². The van der Waals surface area contributed by atoms with Gasteiger partial charge in [-0.15, -0.1) is 0 Å². The molecular formula is C2H5ClZr. The molecule has 0 saturated heterocycles. The van der Waals surface area contributed by atoms with Crippen LogP contribution in [0.2, 0.25) is 0 Å². The first-order chi connectivity index (χ1) is 2.00. The minimum atomic E-state index is 1.02. The molecule has 0 spiro atoms. The zero-order valence-electron chi connectivity index (χ0n) is 2.59. The molecule has 0 bridgehead atoms. The normalized spacial score (nSPS) is 2.50. The van der Waals surface area contributed by atoms with E-state index in [1.54, 1.807) is 6.92 Å². The second-order valence-electron chi connectivity index (χ2n) is 0. The van der Waals surface area contributed by atoms with Crippen molar-refractivity contribution >= 4 is 8.51 Å². The summed E-state index contributed by atoms with van der Waals surface area (Å²) in [4.78, 5) is 0. The van der Waals surface area contributed by atoms with Crippen LogP contribution in [0.5, 0.6) is 0 Å². The van der Waals surface area contributed by atoms with Crippen LogP contribution in [-0.2, 0) is 23.5 Å². The van der Waals surface area contributed by atoms with Crippen LogP contribution in [0, 0.1) is 6.92 Å². The molecule has 0 aromatic rings. The van der Waals surface area contributed by atoms with E-state index < -0.39 is 0 Å². The summed E-state index contributed by atoms with van der Waals surface area (Å²) >= 11 is 1.02. The van der Waals surface area contributed by atoms with Crippen molar-refractivity contribution in [3.05, 3.63) is 6.92 Å². The van der Waals surface area contributed by atoms with Gasteiger partial charge < -0.3 is 0 Å². The van der Waals surface area contributed by atoms with Gasteiger partial charge in [-0.2, -0.15) is 0 Å². The molecule has 2 heteroatoms. The molecule has 0 amide bonds. The maximum atomic E-state index is 4.73. The fourth-order valence-electron chi connectivity index (χ4n) is 0. The Morgan fingerprint density at radius 2 is 1.50 bits per heavy atom. The van der Waals surface area contributed by atoms with E-state index in [0.717, 1.165) is 23.5 Å². The second kappa shape index (κ2) is 30.5. The molecule has 0 aliphatic rings. The van der Waals surface area contributed by atoms with E-state index in [0.29, 0.717) is 0 Å². The topological polar surface area (TPSA) is 0 Å². The van der Waals surface area contributed by atoms with Gasteiger partial charge in [-0.25, -0.2) is 0 Å². The molecule has 0 aliphatic carbocycles. The minimum absolute atomic E-state index is 1.02. The first-order valence-electron chi connectivity index (χ1n) is 0.896. The summed E-state index contributed by atoms with van der Waals surface area (Å²) in [5.74, 6) is 0. The molecule has 0 aromatic carbocycles. The zero-order valence-corrected chi connectivity index (χ0v) is 5.80. The predicted octanol–water partition coefficient (Wildman–Crippen LogP) is 1.53. The van der Waals surface area contributed by atoms with Crippen LogP contribution in [0.1, 0.15) is 6.92 Å². The van der Waals surface area contributed by atoms with Crippen molar-refractivity contribution in [2.45, 2.75) is 6.92 Å². The first-order valence-corrected chi connectivity index (χ1v) is 4.06. The third-order valence-corrected chi connectivity index (χ3v) is 0. The van der Waals surface area contributed by atoms with Crippen molar-refractivity contribution in [2.75, 3.05) is 0 Å². The molecule has 0 rings (SSSR count). The van der Waals surface area contributed by atoms with Crippen LogP contribution in [0.25, 0.3) is 0 Å². The Labute approximate surface area is 45.9 Å². The number of hydrogen-bond acceptors (Lipinski definition) is 0. The van der Waals surface area contributed by atoms with Gasteiger partial charge in [0.25, 0.3) is 0 Å². The summed E-state index contributed by atoms with van der Waals surface area (Å²) in [7, 11) is 4.73. The Morgan fingerprint density at radius 3 is 1.50 bits per heavy atom. The molecule has 0 atom stereocenters. The zero-order chi connectivity index (χ0) is 4.00. The van der Waals surface area contributed by atoms with Crippen molar-refractivity contribution in [3.63, 3.8) is 0 Å². The van der Waals surface area contributed by atoms with Gasteiger partial charge in [0.1, 0.15) is 0 Å². The van der Waals surface area contributed by atoms with Crippen molar-refractivity contribution < 1.29 is 23.5 Å². The number of rotatable bonds is 0. The van der Waals surface area contributed by atoms with Crippen molar-refractivity contribution in [2.24, 2.45) is 0 Å². The Morgan fingerprint density at radius 1 is 1.50 bits per heavy atom. The standard InChI is InChI=1S/C2H5.ClH.Zr/c1-2;;/h1H2,2H3;1H;/q;;+1/p-1. The van der Waals surface area contributed by atoms with Gasteiger partial charge >= 0.3 is 32.0 Å². The Kier molecular flexibility index (Phi) is 68.3. The fourth-order valence-corrected chi connectivity index (χ4v) is 0. The van der Waals surface area contributed by atoms with Crippen molar-refractivity contribution in [1.82, 2.24) is 0 Å². The molecule has 0 heterocycles. The van der Waals surface area contributed by atoms with Crippen molar-refractivity contribution in [3.8, 4) is 0 Å². The monoisotopic (exact) mass is 154 g/mol. The number of hydrogen-bond donors (Lipinski definition) is 0. The molecule has 0 unspecified atom stereocenters. The first kappa shape index (κ1) is 8.95. The van der Waals surface area contributed by atoms with Gasteiger partial charge in [-0.05, 0) is 0 Å². The van der Waals surface area contributed by atoms with Crippen LogP contribution >= 0.6 is 8.51 Å². The third kappa shape index (κ3) is 10.9. The van der Waals surface area contributed by atoms with Crippen LogP contribution in [-0.4, -0.2) is 0 Å². The van der Waals surface area contributed by atoms with Gasteiger partial charge in [0.2, 0.25) is 0 Å². The van der Waals surface area contributed by atoms with E-state index in [9.17, 15) is 0 Å². The molecule has 0 saturated carbocycles. The van der Waals surface area contributed by atoms with E-state index in [-0.39, 0.29) is 0 Å².